The molecule has 16 nitrogen and oxygen atoms in total. The van der Waals surface area contributed by atoms with Crippen molar-refractivity contribution in [3.8, 4) is 0 Å². The zero-order valence-electron chi connectivity index (χ0n) is 17.9. The number of amides is 2. The molecule has 0 bridgehead atoms. The third-order valence-electron chi connectivity index (χ3n) is 4.57. The molecule has 1 aliphatic rings. The summed E-state index contributed by atoms with van der Waals surface area (Å²) in [5, 5.41) is 24.5. The third-order valence-corrected chi connectivity index (χ3v) is 6.19. The van der Waals surface area contributed by atoms with Gasteiger partial charge in [-0.05, 0) is 20.8 Å². The highest BCUT2D eigenvalue weighted by atomic mass is 32.2. The minimum atomic E-state index is -4.94. The molecular weight excluding hydrogens is 496 g/mol. The van der Waals surface area contributed by atoms with E-state index in [0.29, 0.717) is 5.69 Å². The van der Waals surface area contributed by atoms with Crippen LogP contribution in [0.1, 0.15) is 25.2 Å². The predicted octanol–water partition coefficient (Wildman–Crippen LogP) is -1.59. The summed E-state index contributed by atoms with van der Waals surface area (Å²) in [4.78, 5) is 46.7. The number of nitrogens with two attached hydrogens (primary N) is 1. The summed E-state index contributed by atoms with van der Waals surface area (Å²) in [6, 6.07) is -2.69. The lowest BCUT2D eigenvalue weighted by Crippen LogP contribution is -2.73. The van der Waals surface area contributed by atoms with E-state index >= 15 is 0 Å². The van der Waals surface area contributed by atoms with Crippen molar-refractivity contribution >= 4 is 50.3 Å². The first-order chi connectivity index (χ1) is 15.7. The number of carbonyl (C=O) groups excluding carboxylic acids is 2. The first-order valence-corrected chi connectivity index (χ1v) is 11.7. The molecule has 2 aromatic heterocycles. The fourth-order valence-electron chi connectivity index (χ4n) is 2.79. The van der Waals surface area contributed by atoms with E-state index in [1.54, 1.807) is 6.92 Å². The lowest BCUT2D eigenvalue weighted by molar-refractivity contribution is -0.161. The number of thiazole rings is 1. The molecule has 0 aliphatic carbocycles. The van der Waals surface area contributed by atoms with Crippen LogP contribution in [0.25, 0.3) is 0 Å². The second-order valence-electron chi connectivity index (χ2n) is 7.59. The summed E-state index contributed by atoms with van der Waals surface area (Å²) in [6.07, 6.45) is 1.39. The van der Waals surface area contributed by atoms with Gasteiger partial charge >= 0.3 is 16.3 Å². The average molecular weight is 517 g/mol. The average Bonchev–Trinajstić information content (AvgIpc) is 3.32. The number of carboxylic acid groups (broad SMARTS) is 1. The third kappa shape index (κ3) is 5.13. The summed E-state index contributed by atoms with van der Waals surface area (Å²) in [5.41, 5.74) is 3.72. The molecule has 2 amide bonds. The second-order valence-corrected chi connectivity index (χ2v) is 9.77. The fourth-order valence-corrected chi connectivity index (χ4v) is 4.21. The molecule has 2 atom stereocenters. The molecule has 0 radical (unpaired) electrons. The Morgan fingerprint density at radius 2 is 2.09 bits per heavy atom. The van der Waals surface area contributed by atoms with Crippen LogP contribution in [0.2, 0.25) is 0 Å². The lowest BCUT2D eigenvalue weighted by Gasteiger charge is -2.43. The van der Waals surface area contributed by atoms with Crippen LogP contribution in [0.5, 0.6) is 0 Å². The van der Waals surface area contributed by atoms with Gasteiger partial charge in [0.15, 0.2) is 10.8 Å². The van der Waals surface area contributed by atoms with Crippen molar-refractivity contribution < 1.29 is 37.3 Å². The van der Waals surface area contributed by atoms with Crippen molar-refractivity contribution in [1.29, 1.82) is 0 Å². The van der Waals surface area contributed by atoms with E-state index in [2.05, 4.69) is 25.7 Å². The summed E-state index contributed by atoms with van der Waals surface area (Å²) < 4.78 is 33.0. The number of carboxylic acids is 1. The molecule has 2 unspecified atom stereocenters. The Morgan fingerprint density at radius 1 is 1.41 bits per heavy atom. The maximum atomic E-state index is 13.0. The molecule has 0 spiro atoms. The molecule has 5 N–H and O–H groups in total. The number of β-lactam (4-membered cyclic amide) rings is 1. The van der Waals surface area contributed by atoms with Crippen LogP contribution in [-0.4, -0.2) is 83.5 Å². The molecule has 18 heteroatoms. The Kier molecular flexibility index (Phi) is 6.58. The van der Waals surface area contributed by atoms with Gasteiger partial charge < -0.3 is 21.0 Å². The van der Waals surface area contributed by atoms with E-state index in [4.69, 9.17) is 10.6 Å². The summed E-state index contributed by atoms with van der Waals surface area (Å²) in [6.45, 7) is 3.75. The fraction of sp³-hybridized carbons (Fsp3) is 0.438. The number of hydrogen-bond acceptors (Lipinski definition) is 12. The Morgan fingerprint density at radius 3 is 2.59 bits per heavy atom. The number of nitrogens with zero attached hydrogens (tertiary/aromatic N) is 6. The van der Waals surface area contributed by atoms with Gasteiger partial charge in [-0.2, -0.15) is 23.4 Å². The molecule has 1 saturated heterocycles. The minimum absolute atomic E-state index is 0.0690. The van der Waals surface area contributed by atoms with E-state index in [1.165, 1.54) is 25.4 Å². The number of oxime groups is 1. The number of nitrogens with one attached hydrogen (secondary N) is 1. The number of aromatic nitrogens is 4. The van der Waals surface area contributed by atoms with Crippen LogP contribution in [0.4, 0.5) is 5.13 Å². The van der Waals surface area contributed by atoms with Gasteiger partial charge in [0.05, 0.1) is 18.4 Å². The van der Waals surface area contributed by atoms with Gasteiger partial charge in [0.1, 0.15) is 17.8 Å². The molecule has 184 valence electrons. The van der Waals surface area contributed by atoms with Crippen LogP contribution in [-0.2, 0) is 36.1 Å². The molecule has 3 heterocycles. The number of carbonyl (C=O) groups is 3. The zero-order chi connectivity index (χ0) is 25.4. The highest BCUT2D eigenvalue weighted by molar-refractivity contribution is 7.84. The molecule has 1 fully saturated rings. The lowest BCUT2D eigenvalue weighted by atomic mass is 9.98. The number of aryl methyl sites for hydroxylation is 1. The van der Waals surface area contributed by atoms with Crippen molar-refractivity contribution in [3.05, 3.63) is 23.0 Å². The summed E-state index contributed by atoms with van der Waals surface area (Å²) in [5.74, 6) is -3.52. The quantitative estimate of drug-likeness (QED) is 0.128. The molecule has 3 rings (SSSR count). The molecule has 34 heavy (non-hydrogen) atoms. The molecule has 0 aromatic carbocycles. The van der Waals surface area contributed by atoms with Crippen molar-refractivity contribution in [1.82, 2.24) is 29.6 Å². The number of anilines is 1. The maximum absolute atomic E-state index is 13.0. The largest absolute Gasteiger partial charge is 0.478 e. The van der Waals surface area contributed by atoms with Crippen LogP contribution in [0.3, 0.4) is 0 Å². The normalized spacial score (nSPS) is 19.0. The van der Waals surface area contributed by atoms with Gasteiger partial charge in [0, 0.05) is 5.38 Å². The minimum Gasteiger partial charge on any atom is -0.478 e. The Hall–Kier alpha value is -3.64. The maximum Gasteiger partial charge on any atom is 0.362 e. The van der Waals surface area contributed by atoms with E-state index in [0.717, 1.165) is 16.1 Å². The first kappa shape index (κ1) is 25.0. The van der Waals surface area contributed by atoms with E-state index in [9.17, 15) is 32.5 Å². The number of rotatable bonds is 9. The summed E-state index contributed by atoms with van der Waals surface area (Å²) in [7, 11) is -4.94. The predicted molar refractivity (Wildman–Crippen MR) is 115 cm³/mol. The van der Waals surface area contributed by atoms with E-state index in [-0.39, 0.29) is 21.7 Å². The Balaban J connectivity index is 1.89. The van der Waals surface area contributed by atoms with Crippen LogP contribution in [0, 0.1) is 6.92 Å². The molecular formula is C16H20N8O8S2. The highest BCUT2D eigenvalue weighted by Gasteiger charge is 2.54. The second kappa shape index (κ2) is 8.95. The van der Waals surface area contributed by atoms with Crippen LogP contribution >= 0.6 is 11.3 Å². The highest BCUT2D eigenvalue weighted by Crippen LogP contribution is 2.25. The summed E-state index contributed by atoms with van der Waals surface area (Å²) >= 11 is 0.964. The monoisotopic (exact) mass is 516 g/mol. The van der Waals surface area contributed by atoms with Gasteiger partial charge in [-0.3, -0.25) is 14.1 Å². The van der Waals surface area contributed by atoms with Crippen molar-refractivity contribution in [2.24, 2.45) is 5.16 Å². The zero-order valence-corrected chi connectivity index (χ0v) is 19.6. The van der Waals surface area contributed by atoms with Crippen LogP contribution in [0.15, 0.2) is 16.7 Å². The van der Waals surface area contributed by atoms with Crippen molar-refractivity contribution in [2.75, 3.05) is 5.73 Å². The number of hydrogen-bond donors (Lipinski definition) is 4. The number of aliphatic carboxylic acids is 1. The molecule has 2 aromatic rings. The van der Waals surface area contributed by atoms with E-state index in [1.807, 2.05) is 0 Å². The van der Waals surface area contributed by atoms with Crippen LogP contribution < -0.4 is 11.1 Å². The molecule has 0 saturated carbocycles. The standard InChI is InChI=1S/C16H20N8O8S2/c1-7-4-18-23(21-7)5-9-11(13(26)24(9)34(29,30)31)20-12(25)10(8-6-33-15(17)19-8)22-32-16(2,3)14(27)28/h4,6,9,11H,5H2,1-3H3,(H2,17,19)(H,20,25)(H,27,28)(H,29,30,31)/b22-10-. The first-order valence-electron chi connectivity index (χ1n) is 9.40. The van der Waals surface area contributed by atoms with Gasteiger partial charge in [0.2, 0.25) is 5.60 Å². The van der Waals surface area contributed by atoms with Gasteiger partial charge in [-0.1, -0.05) is 5.16 Å². The van der Waals surface area contributed by atoms with Gasteiger partial charge in [-0.15, -0.1) is 11.3 Å². The molecule has 1 aliphatic heterocycles. The Bertz CT molecular complexity index is 1270. The smallest absolute Gasteiger partial charge is 0.362 e. The van der Waals surface area contributed by atoms with E-state index < -0.39 is 51.5 Å². The number of nitrogen functional groups attached to an aromatic ring is 1. The topological polar surface area (TPSA) is 232 Å². The Labute approximate surface area is 196 Å². The van der Waals surface area contributed by atoms with Gasteiger partial charge in [-0.25, -0.2) is 14.1 Å². The van der Waals surface area contributed by atoms with Gasteiger partial charge in [0.25, 0.3) is 11.8 Å². The van der Waals surface area contributed by atoms with Crippen molar-refractivity contribution in [3.63, 3.8) is 0 Å². The van der Waals surface area contributed by atoms with Crippen molar-refractivity contribution in [2.45, 2.75) is 45.0 Å². The SMILES string of the molecule is Cc1cnn(CC2C(NC(=O)/C(=N\OC(C)(C)C(=O)O)c3csc(N)n3)C(=O)N2S(=O)(=O)O)n1.